The van der Waals surface area contributed by atoms with Crippen LogP contribution in [-0.2, 0) is 22.6 Å². The van der Waals surface area contributed by atoms with Gasteiger partial charge in [-0.1, -0.05) is 60.7 Å². The van der Waals surface area contributed by atoms with Crippen molar-refractivity contribution in [3.63, 3.8) is 0 Å². The number of alkyl halides is 3. The zero-order chi connectivity index (χ0) is 19.5. The molecule has 2 amide bonds. The normalized spacial score (nSPS) is 20.0. The van der Waals surface area contributed by atoms with Crippen molar-refractivity contribution >= 4 is 12.0 Å². The molecular weight excluding hydrogens is 359 g/mol. The lowest BCUT2D eigenvalue weighted by molar-refractivity contribution is -0.218. The standard InChI is InChI=1S/C20H18F3NO3/c21-20(22,23)19(13-15-7-3-1-4-8-15)11-12-24(17(19)25)18(26)27-14-16-9-5-2-6-10-16/h1-10H,11-14H2. The van der Waals surface area contributed by atoms with Crippen molar-refractivity contribution in [2.45, 2.75) is 25.6 Å². The zero-order valence-electron chi connectivity index (χ0n) is 14.4. The number of hydrogen-bond donors (Lipinski definition) is 0. The molecule has 0 bridgehead atoms. The lowest BCUT2D eigenvalue weighted by Gasteiger charge is -2.29. The van der Waals surface area contributed by atoms with Gasteiger partial charge in [-0.3, -0.25) is 4.79 Å². The molecule has 27 heavy (non-hydrogen) atoms. The highest BCUT2D eigenvalue weighted by Gasteiger charge is 2.65. The van der Waals surface area contributed by atoms with Gasteiger partial charge in [-0.25, -0.2) is 9.69 Å². The average molecular weight is 377 g/mol. The van der Waals surface area contributed by atoms with Gasteiger partial charge in [0.05, 0.1) is 0 Å². The molecule has 1 heterocycles. The van der Waals surface area contributed by atoms with Gasteiger partial charge in [0.25, 0.3) is 0 Å². The summed E-state index contributed by atoms with van der Waals surface area (Å²) in [7, 11) is 0. The molecule has 142 valence electrons. The van der Waals surface area contributed by atoms with Crippen molar-refractivity contribution in [1.82, 2.24) is 4.90 Å². The van der Waals surface area contributed by atoms with Crippen LogP contribution in [0.15, 0.2) is 60.7 Å². The van der Waals surface area contributed by atoms with Gasteiger partial charge in [-0.15, -0.1) is 0 Å². The summed E-state index contributed by atoms with van der Waals surface area (Å²) in [4.78, 5) is 25.4. The van der Waals surface area contributed by atoms with Crippen LogP contribution in [0.5, 0.6) is 0 Å². The van der Waals surface area contributed by atoms with Crippen molar-refractivity contribution in [1.29, 1.82) is 0 Å². The first kappa shape index (κ1) is 18.9. The predicted molar refractivity (Wildman–Crippen MR) is 91.6 cm³/mol. The lowest BCUT2D eigenvalue weighted by atomic mass is 9.79. The highest BCUT2D eigenvalue weighted by molar-refractivity contribution is 5.97. The molecule has 2 aromatic rings. The molecule has 2 aromatic carbocycles. The molecule has 0 aliphatic carbocycles. The number of hydrogen-bond acceptors (Lipinski definition) is 3. The fourth-order valence-electron chi connectivity index (χ4n) is 3.21. The van der Waals surface area contributed by atoms with Gasteiger partial charge in [0.1, 0.15) is 6.61 Å². The third-order valence-electron chi connectivity index (χ3n) is 4.73. The fourth-order valence-corrected chi connectivity index (χ4v) is 3.21. The van der Waals surface area contributed by atoms with E-state index in [4.69, 9.17) is 4.74 Å². The number of carbonyl (C=O) groups excluding carboxylic acids is 2. The maximum atomic E-state index is 13.8. The Morgan fingerprint density at radius 1 is 1.00 bits per heavy atom. The summed E-state index contributed by atoms with van der Waals surface area (Å²) >= 11 is 0. The summed E-state index contributed by atoms with van der Waals surface area (Å²) in [6.07, 6.45) is -6.81. The first-order valence-corrected chi connectivity index (χ1v) is 8.47. The van der Waals surface area contributed by atoms with Crippen LogP contribution in [0.1, 0.15) is 17.5 Å². The van der Waals surface area contributed by atoms with Crippen molar-refractivity contribution in [3.8, 4) is 0 Å². The van der Waals surface area contributed by atoms with Crippen LogP contribution in [0, 0.1) is 5.41 Å². The Bertz CT molecular complexity index is 808. The van der Waals surface area contributed by atoms with E-state index in [0.717, 1.165) is 0 Å². The maximum Gasteiger partial charge on any atom is 0.416 e. The van der Waals surface area contributed by atoms with Gasteiger partial charge in [0, 0.05) is 6.54 Å². The van der Waals surface area contributed by atoms with Gasteiger partial charge < -0.3 is 4.74 Å². The monoisotopic (exact) mass is 377 g/mol. The first-order chi connectivity index (χ1) is 12.8. The number of halogens is 3. The minimum absolute atomic E-state index is 0.110. The molecule has 3 rings (SSSR count). The number of amides is 2. The van der Waals surface area contributed by atoms with Gasteiger partial charge in [0.2, 0.25) is 5.91 Å². The average Bonchev–Trinajstić information content (AvgIpc) is 2.99. The summed E-state index contributed by atoms with van der Waals surface area (Å²) in [6, 6.07) is 16.7. The SMILES string of the molecule is O=C(OCc1ccccc1)N1CCC(Cc2ccccc2)(C(F)(F)F)C1=O. The van der Waals surface area contributed by atoms with E-state index in [1.165, 1.54) is 12.1 Å². The van der Waals surface area contributed by atoms with Gasteiger partial charge in [-0.2, -0.15) is 13.2 Å². The fraction of sp³-hybridized carbons (Fsp3) is 0.300. The van der Waals surface area contributed by atoms with Crippen LogP contribution >= 0.6 is 0 Å². The molecule has 0 aromatic heterocycles. The smallest absolute Gasteiger partial charge is 0.416 e. The quantitative estimate of drug-likeness (QED) is 0.796. The number of nitrogens with zero attached hydrogens (tertiary/aromatic N) is 1. The molecule has 0 spiro atoms. The molecular formula is C20H18F3NO3. The highest BCUT2D eigenvalue weighted by atomic mass is 19.4. The molecule has 0 saturated carbocycles. The van der Waals surface area contributed by atoms with E-state index in [2.05, 4.69) is 0 Å². The first-order valence-electron chi connectivity index (χ1n) is 8.47. The minimum atomic E-state index is -4.77. The molecule has 1 aliphatic heterocycles. The van der Waals surface area contributed by atoms with Crippen molar-refractivity contribution in [2.75, 3.05) is 6.54 Å². The Hall–Kier alpha value is -2.83. The summed E-state index contributed by atoms with van der Waals surface area (Å²) in [5.41, 5.74) is -1.54. The van der Waals surface area contributed by atoms with Gasteiger partial charge in [-0.05, 0) is 24.0 Å². The number of carbonyl (C=O) groups is 2. The second-order valence-corrected chi connectivity index (χ2v) is 6.49. The maximum absolute atomic E-state index is 13.8. The van der Waals surface area contributed by atoms with E-state index in [9.17, 15) is 22.8 Å². The Morgan fingerprint density at radius 3 is 2.11 bits per heavy atom. The molecule has 0 N–H and O–H groups in total. The molecule has 1 saturated heterocycles. The van der Waals surface area contributed by atoms with Crippen LogP contribution < -0.4 is 0 Å². The Labute approximate surface area is 154 Å². The van der Waals surface area contributed by atoms with E-state index in [0.29, 0.717) is 16.0 Å². The number of rotatable bonds is 4. The lowest BCUT2D eigenvalue weighted by Crippen LogP contribution is -2.48. The van der Waals surface area contributed by atoms with Gasteiger partial charge >= 0.3 is 12.3 Å². The predicted octanol–water partition coefficient (Wildman–Crippen LogP) is 4.35. The van der Waals surface area contributed by atoms with Crippen LogP contribution in [0.2, 0.25) is 0 Å². The topological polar surface area (TPSA) is 46.6 Å². The second-order valence-electron chi connectivity index (χ2n) is 6.49. The molecule has 1 aliphatic rings. The van der Waals surface area contributed by atoms with Crippen molar-refractivity contribution in [3.05, 3.63) is 71.8 Å². The summed E-state index contributed by atoms with van der Waals surface area (Å²) in [5, 5.41) is 0. The molecule has 1 atom stereocenters. The molecule has 7 heteroatoms. The van der Waals surface area contributed by atoms with Crippen LogP contribution in [-0.4, -0.2) is 29.6 Å². The molecule has 1 fully saturated rings. The second kappa shape index (κ2) is 7.42. The Balaban J connectivity index is 1.76. The third-order valence-corrected chi connectivity index (χ3v) is 4.73. The Morgan fingerprint density at radius 2 is 1.56 bits per heavy atom. The van der Waals surface area contributed by atoms with Crippen molar-refractivity contribution in [2.24, 2.45) is 5.41 Å². The summed E-state index contributed by atoms with van der Waals surface area (Å²) in [6.45, 7) is -0.431. The van der Waals surface area contributed by atoms with E-state index >= 15 is 0 Å². The zero-order valence-corrected chi connectivity index (χ0v) is 14.4. The van der Waals surface area contributed by atoms with Gasteiger partial charge in [0.15, 0.2) is 5.41 Å². The number of likely N-dealkylation sites (tertiary alicyclic amines) is 1. The minimum Gasteiger partial charge on any atom is -0.444 e. The van der Waals surface area contributed by atoms with E-state index in [-0.39, 0.29) is 13.2 Å². The van der Waals surface area contributed by atoms with Crippen LogP contribution in [0.3, 0.4) is 0 Å². The molecule has 0 radical (unpaired) electrons. The van der Waals surface area contributed by atoms with E-state index < -0.39 is 36.4 Å². The number of imide groups is 1. The van der Waals surface area contributed by atoms with Crippen molar-refractivity contribution < 1.29 is 27.5 Å². The largest absolute Gasteiger partial charge is 0.444 e. The van der Waals surface area contributed by atoms with Crippen LogP contribution in [0.25, 0.3) is 0 Å². The highest BCUT2D eigenvalue weighted by Crippen LogP contribution is 2.48. The van der Waals surface area contributed by atoms with E-state index in [1.807, 2.05) is 0 Å². The number of ether oxygens (including phenoxy) is 1. The number of benzene rings is 2. The summed E-state index contributed by atoms with van der Waals surface area (Å²) < 4.78 is 46.6. The van der Waals surface area contributed by atoms with E-state index in [1.54, 1.807) is 48.5 Å². The summed E-state index contributed by atoms with van der Waals surface area (Å²) in [5.74, 6) is -1.25. The molecule has 1 unspecified atom stereocenters. The Kier molecular flexibility index (Phi) is 5.21. The molecule has 4 nitrogen and oxygen atoms in total. The van der Waals surface area contributed by atoms with Crippen LogP contribution in [0.4, 0.5) is 18.0 Å². The third kappa shape index (κ3) is 3.82.